The summed E-state index contributed by atoms with van der Waals surface area (Å²) in [7, 11) is 1.49. The van der Waals surface area contributed by atoms with Crippen molar-refractivity contribution >= 4 is 22.8 Å². The Morgan fingerprint density at radius 1 is 0.889 bits per heavy atom. The van der Waals surface area contributed by atoms with E-state index in [4.69, 9.17) is 14.2 Å². The molecule has 0 unspecified atom stereocenters. The third-order valence-corrected chi connectivity index (χ3v) is 5.79. The summed E-state index contributed by atoms with van der Waals surface area (Å²) in [6.07, 6.45) is 2.82. The Balaban J connectivity index is 1.35. The molecular weight excluding hydrogens is 456 g/mol. The highest BCUT2D eigenvalue weighted by atomic mass is 16.6. The number of hydrogen-bond donors (Lipinski definition) is 1. The van der Waals surface area contributed by atoms with Crippen LogP contribution in [0.25, 0.3) is 44.5 Å². The highest BCUT2D eigenvalue weighted by molar-refractivity contribution is 6.06. The van der Waals surface area contributed by atoms with Gasteiger partial charge in [-0.1, -0.05) is 53.7 Å². The number of hydrogen-bond acceptors (Lipinski definition) is 7. The Bertz CT molecular complexity index is 1560. The minimum atomic E-state index is -0.531. The van der Waals surface area contributed by atoms with Gasteiger partial charge in [0.2, 0.25) is 0 Å². The Kier molecular flexibility index (Phi) is 6.23. The summed E-state index contributed by atoms with van der Waals surface area (Å²) in [5.74, 6) is 0.436. The van der Waals surface area contributed by atoms with E-state index < -0.39 is 6.09 Å². The molecule has 5 rings (SSSR count). The van der Waals surface area contributed by atoms with E-state index in [0.717, 1.165) is 38.9 Å². The molecule has 3 heterocycles. The first-order chi connectivity index (χ1) is 17.5. The maximum absolute atomic E-state index is 12.2. The zero-order chi connectivity index (χ0) is 25.1. The fourth-order valence-electron chi connectivity index (χ4n) is 3.90. The fraction of sp³-hybridized carbons (Fsp3) is 0.107. The topological polar surface area (TPSA) is 107 Å². The number of alkyl carbamates (subject to hydrolysis) is 1. The average molecular weight is 479 g/mol. The van der Waals surface area contributed by atoms with E-state index >= 15 is 0 Å². The maximum Gasteiger partial charge on any atom is 0.407 e. The number of carbonyl (C=O) groups excluding carboxylic acids is 2. The quantitative estimate of drug-likeness (QED) is 0.313. The minimum Gasteiger partial charge on any atom is -0.441 e. The number of pyridine rings is 2. The van der Waals surface area contributed by atoms with Crippen molar-refractivity contribution in [2.75, 3.05) is 7.05 Å². The molecule has 0 saturated carbocycles. The van der Waals surface area contributed by atoms with Gasteiger partial charge in [0, 0.05) is 47.6 Å². The number of ether oxygens (including phenoxy) is 1. The van der Waals surface area contributed by atoms with Gasteiger partial charge in [-0.25, -0.2) is 9.78 Å². The molecule has 3 aromatic heterocycles. The maximum atomic E-state index is 12.2. The highest BCUT2D eigenvalue weighted by Gasteiger charge is 2.12. The molecule has 8 nitrogen and oxygen atoms in total. The molecular formula is C28H22N4O4. The van der Waals surface area contributed by atoms with Crippen LogP contribution in [0, 0.1) is 0 Å². The summed E-state index contributed by atoms with van der Waals surface area (Å²) in [5.41, 5.74) is 6.64. The third kappa shape index (κ3) is 4.69. The third-order valence-electron chi connectivity index (χ3n) is 5.79. The van der Waals surface area contributed by atoms with Gasteiger partial charge in [0.1, 0.15) is 5.69 Å². The first-order valence-electron chi connectivity index (χ1n) is 11.3. The second-order valence-electron chi connectivity index (χ2n) is 8.16. The molecule has 0 saturated heterocycles. The minimum absolute atomic E-state index is 0.00791. The van der Waals surface area contributed by atoms with Crippen molar-refractivity contribution in [1.82, 2.24) is 20.4 Å². The van der Waals surface area contributed by atoms with Crippen LogP contribution in [-0.4, -0.2) is 34.0 Å². The van der Waals surface area contributed by atoms with E-state index in [0.29, 0.717) is 17.0 Å². The first-order valence-corrected chi connectivity index (χ1v) is 11.3. The summed E-state index contributed by atoms with van der Waals surface area (Å²) in [5, 5.41) is 7.19. The van der Waals surface area contributed by atoms with Crippen LogP contribution in [-0.2, 0) is 11.3 Å². The van der Waals surface area contributed by atoms with Crippen molar-refractivity contribution in [2.24, 2.45) is 0 Å². The predicted octanol–water partition coefficient (Wildman–Crippen LogP) is 5.68. The Morgan fingerprint density at radius 3 is 2.17 bits per heavy atom. The van der Waals surface area contributed by atoms with E-state index in [1.807, 2.05) is 60.7 Å². The van der Waals surface area contributed by atoms with E-state index in [9.17, 15) is 9.59 Å². The number of benzene rings is 2. The molecule has 8 heteroatoms. The van der Waals surface area contributed by atoms with Crippen LogP contribution in [0.5, 0.6) is 0 Å². The monoisotopic (exact) mass is 478 g/mol. The van der Waals surface area contributed by atoms with Gasteiger partial charge in [0.05, 0.1) is 11.2 Å². The van der Waals surface area contributed by atoms with Crippen LogP contribution < -0.4 is 5.32 Å². The number of rotatable bonds is 6. The van der Waals surface area contributed by atoms with Crippen LogP contribution in [0.15, 0.2) is 83.6 Å². The number of aromatic nitrogens is 3. The highest BCUT2D eigenvalue weighted by Crippen LogP contribution is 2.29. The lowest BCUT2D eigenvalue weighted by Crippen LogP contribution is -2.18. The standard InChI is InChI=1S/C28H22N4O4/c1-17(33)23-14-26(31-25-11-12-30-15-24(23)25)20-7-3-18(4-8-20)19-5-9-21(10-6-19)27-13-22(36-32-27)16-35-28(34)29-2/h3-15H,16H2,1-2H3,(H,29,34). The van der Waals surface area contributed by atoms with E-state index in [-0.39, 0.29) is 12.4 Å². The Hall–Kier alpha value is -4.85. The first kappa shape index (κ1) is 22.9. The number of fused-ring (bicyclic) bond motifs is 1. The van der Waals surface area contributed by atoms with Crippen LogP contribution in [0.2, 0.25) is 0 Å². The molecule has 5 aromatic rings. The number of ketones is 1. The van der Waals surface area contributed by atoms with Gasteiger partial charge in [-0.3, -0.25) is 9.78 Å². The Morgan fingerprint density at radius 2 is 1.53 bits per heavy atom. The lowest BCUT2D eigenvalue weighted by molar-refractivity contribution is 0.101. The predicted molar refractivity (Wildman–Crippen MR) is 135 cm³/mol. The van der Waals surface area contributed by atoms with Crippen molar-refractivity contribution in [2.45, 2.75) is 13.5 Å². The summed E-state index contributed by atoms with van der Waals surface area (Å²) < 4.78 is 10.2. The van der Waals surface area contributed by atoms with Crippen molar-refractivity contribution in [3.05, 3.63) is 90.4 Å². The normalized spacial score (nSPS) is 10.8. The zero-order valence-electron chi connectivity index (χ0n) is 19.7. The molecule has 1 N–H and O–H groups in total. The molecule has 2 aromatic carbocycles. The largest absolute Gasteiger partial charge is 0.441 e. The fourth-order valence-corrected chi connectivity index (χ4v) is 3.90. The van der Waals surface area contributed by atoms with Gasteiger partial charge >= 0.3 is 6.09 Å². The van der Waals surface area contributed by atoms with E-state index in [1.165, 1.54) is 7.05 Å². The second-order valence-corrected chi connectivity index (χ2v) is 8.16. The molecule has 0 aliphatic carbocycles. The molecule has 0 aliphatic heterocycles. The lowest BCUT2D eigenvalue weighted by Gasteiger charge is -2.09. The van der Waals surface area contributed by atoms with Crippen molar-refractivity contribution in [1.29, 1.82) is 0 Å². The van der Waals surface area contributed by atoms with E-state index in [1.54, 1.807) is 25.4 Å². The number of amides is 1. The molecule has 0 aliphatic rings. The molecule has 36 heavy (non-hydrogen) atoms. The SMILES string of the molecule is CNC(=O)OCc1cc(-c2ccc(-c3ccc(-c4cc(C(C)=O)c5cnccc5n4)cc3)cc2)no1. The van der Waals surface area contributed by atoms with Gasteiger partial charge in [-0.15, -0.1) is 0 Å². The molecule has 1 amide bonds. The molecule has 0 spiro atoms. The summed E-state index contributed by atoms with van der Waals surface area (Å²) in [4.78, 5) is 32.3. The number of carbonyl (C=O) groups is 2. The van der Waals surface area contributed by atoms with Crippen molar-refractivity contribution in [3.8, 4) is 33.6 Å². The van der Waals surface area contributed by atoms with Gasteiger partial charge in [0.25, 0.3) is 0 Å². The summed E-state index contributed by atoms with van der Waals surface area (Å²) >= 11 is 0. The van der Waals surface area contributed by atoms with E-state index in [2.05, 4.69) is 15.5 Å². The van der Waals surface area contributed by atoms with Crippen LogP contribution in [0.4, 0.5) is 4.79 Å². The second kappa shape index (κ2) is 9.79. The molecule has 178 valence electrons. The lowest BCUT2D eigenvalue weighted by atomic mass is 9.99. The molecule has 0 atom stereocenters. The molecule has 0 bridgehead atoms. The van der Waals surface area contributed by atoms with Gasteiger partial charge in [-0.2, -0.15) is 0 Å². The molecule has 0 fully saturated rings. The number of nitrogens with one attached hydrogen (secondary N) is 1. The van der Waals surface area contributed by atoms with Crippen molar-refractivity contribution < 1.29 is 18.8 Å². The number of nitrogens with zero attached hydrogens (tertiary/aromatic N) is 3. The van der Waals surface area contributed by atoms with Gasteiger partial charge < -0.3 is 14.6 Å². The van der Waals surface area contributed by atoms with Crippen LogP contribution in [0.1, 0.15) is 23.0 Å². The van der Waals surface area contributed by atoms with Crippen LogP contribution >= 0.6 is 0 Å². The van der Waals surface area contributed by atoms with Crippen molar-refractivity contribution in [3.63, 3.8) is 0 Å². The van der Waals surface area contributed by atoms with Gasteiger partial charge in [-0.05, 0) is 30.2 Å². The summed E-state index contributed by atoms with van der Waals surface area (Å²) in [6, 6.07) is 21.4. The van der Waals surface area contributed by atoms with Gasteiger partial charge in [0.15, 0.2) is 18.2 Å². The Labute approximate surface area is 207 Å². The smallest absolute Gasteiger partial charge is 0.407 e. The molecule has 0 radical (unpaired) electrons. The zero-order valence-corrected chi connectivity index (χ0v) is 19.7. The summed E-state index contributed by atoms with van der Waals surface area (Å²) in [6.45, 7) is 1.56. The average Bonchev–Trinajstić information content (AvgIpc) is 3.40. The van der Waals surface area contributed by atoms with Crippen LogP contribution in [0.3, 0.4) is 0 Å². The number of Topliss-reactive ketones (excluding diaryl/α,β-unsaturated/α-hetero) is 1.